The summed E-state index contributed by atoms with van der Waals surface area (Å²) in [6.45, 7) is 0. The molecule has 2 N–H and O–H groups in total. The summed E-state index contributed by atoms with van der Waals surface area (Å²) in [5, 5.41) is 17.3. The molecular weight excluding hydrogens is 433 g/mol. The Morgan fingerprint density at radius 2 is 2.03 bits per heavy atom. The number of rotatable bonds is 6. The Morgan fingerprint density at radius 1 is 1.22 bits per heavy atom. The van der Waals surface area contributed by atoms with Crippen molar-refractivity contribution in [2.45, 2.75) is 37.6 Å². The van der Waals surface area contributed by atoms with E-state index in [0.29, 0.717) is 17.0 Å². The number of anilines is 1. The summed E-state index contributed by atoms with van der Waals surface area (Å²) in [6, 6.07) is 10.1. The molecule has 5 rings (SSSR count). The smallest absolute Gasteiger partial charge is 0.336 e. The van der Waals surface area contributed by atoms with Crippen molar-refractivity contribution in [3.63, 3.8) is 0 Å². The summed E-state index contributed by atoms with van der Waals surface area (Å²) in [7, 11) is 0. The molecule has 1 aromatic heterocycles. The molecule has 1 amide bonds. The monoisotopic (exact) mass is 453 g/mol. The summed E-state index contributed by atoms with van der Waals surface area (Å²) >= 11 is 6.03. The van der Waals surface area contributed by atoms with Crippen LogP contribution in [0.1, 0.15) is 53.6 Å². The Kier molecular flexibility index (Phi) is 5.21. The molecule has 2 aromatic carbocycles. The molecule has 0 spiro atoms. The number of aromatic nitrogens is 2. The maximum Gasteiger partial charge on any atom is 0.336 e. The molecule has 2 fully saturated rings. The zero-order valence-corrected chi connectivity index (χ0v) is 17.8. The fraction of sp³-hybridized carbons (Fsp3) is 0.292. The van der Waals surface area contributed by atoms with E-state index in [9.17, 15) is 14.7 Å². The van der Waals surface area contributed by atoms with Crippen molar-refractivity contribution in [2.75, 3.05) is 5.32 Å². The first-order valence-corrected chi connectivity index (χ1v) is 11.0. The van der Waals surface area contributed by atoms with Gasteiger partial charge in [-0.15, -0.1) is 0 Å². The molecule has 3 aromatic rings. The van der Waals surface area contributed by atoms with Crippen LogP contribution in [0.25, 0.3) is 11.1 Å². The van der Waals surface area contributed by atoms with Gasteiger partial charge in [-0.05, 0) is 61.4 Å². The number of carbonyl (C=O) groups excluding carboxylic acids is 1. The maximum absolute atomic E-state index is 15.0. The van der Waals surface area contributed by atoms with E-state index in [-0.39, 0.29) is 40.6 Å². The van der Waals surface area contributed by atoms with Gasteiger partial charge in [-0.1, -0.05) is 23.7 Å². The number of hydrogen-bond acceptors (Lipinski definition) is 3. The topological polar surface area (TPSA) is 84.2 Å². The molecule has 2 aliphatic carbocycles. The minimum absolute atomic E-state index is 0.0238. The Bertz CT molecular complexity index is 1220. The molecule has 8 heteroatoms. The van der Waals surface area contributed by atoms with Crippen LogP contribution in [-0.4, -0.2) is 26.8 Å². The van der Waals surface area contributed by atoms with Gasteiger partial charge in [0.25, 0.3) is 0 Å². The predicted octanol–water partition coefficient (Wildman–Crippen LogP) is 5.51. The highest BCUT2D eigenvalue weighted by Crippen LogP contribution is 2.48. The molecule has 1 heterocycles. The summed E-state index contributed by atoms with van der Waals surface area (Å²) in [6.07, 6.45) is 6.99. The molecule has 0 unspecified atom stereocenters. The van der Waals surface area contributed by atoms with E-state index in [0.717, 1.165) is 30.9 Å². The fourth-order valence-corrected chi connectivity index (χ4v) is 4.48. The number of halogens is 2. The van der Waals surface area contributed by atoms with Crippen molar-refractivity contribution in [3.05, 3.63) is 70.8 Å². The van der Waals surface area contributed by atoms with Crippen molar-refractivity contribution in [1.29, 1.82) is 0 Å². The number of nitrogens with zero attached hydrogens (tertiary/aromatic N) is 2. The van der Waals surface area contributed by atoms with Gasteiger partial charge in [0.05, 0.1) is 17.8 Å². The van der Waals surface area contributed by atoms with Gasteiger partial charge in [0.15, 0.2) is 0 Å². The first kappa shape index (κ1) is 20.7. The lowest BCUT2D eigenvalue weighted by atomic mass is 9.93. The van der Waals surface area contributed by atoms with Crippen LogP contribution in [-0.2, 0) is 4.79 Å². The molecule has 0 saturated heterocycles. The number of benzene rings is 2. The fourth-order valence-electron chi connectivity index (χ4n) is 4.28. The van der Waals surface area contributed by atoms with E-state index in [2.05, 4.69) is 10.4 Å². The summed E-state index contributed by atoms with van der Waals surface area (Å²) < 4.78 is 16.8. The third-order valence-corrected chi connectivity index (χ3v) is 6.57. The molecule has 0 radical (unpaired) electrons. The van der Waals surface area contributed by atoms with Gasteiger partial charge in [-0.3, -0.25) is 9.48 Å². The Balaban J connectivity index is 1.37. The van der Waals surface area contributed by atoms with E-state index in [1.807, 2.05) is 18.2 Å². The van der Waals surface area contributed by atoms with E-state index >= 15 is 4.39 Å². The van der Waals surface area contributed by atoms with Gasteiger partial charge in [0, 0.05) is 34.0 Å². The lowest BCUT2D eigenvalue weighted by Gasteiger charge is -2.25. The van der Waals surface area contributed by atoms with Crippen molar-refractivity contribution in [1.82, 2.24) is 9.78 Å². The Hall–Kier alpha value is -3.19. The molecule has 6 nitrogen and oxygen atoms in total. The number of nitrogens with one attached hydrogen (secondary N) is 1. The molecule has 0 bridgehead atoms. The predicted molar refractivity (Wildman–Crippen MR) is 118 cm³/mol. The Labute approximate surface area is 189 Å². The third-order valence-electron chi connectivity index (χ3n) is 6.33. The number of carbonyl (C=O) groups is 2. The molecular formula is C24H21ClFN3O3. The average Bonchev–Trinajstić information content (AvgIpc) is 3.38. The van der Waals surface area contributed by atoms with Gasteiger partial charge < -0.3 is 10.4 Å². The van der Waals surface area contributed by atoms with Crippen molar-refractivity contribution in [3.8, 4) is 11.1 Å². The highest BCUT2D eigenvalue weighted by molar-refractivity contribution is 6.30. The van der Waals surface area contributed by atoms with E-state index < -0.39 is 11.8 Å². The highest BCUT2D eigenvalue weighted by Gasteiger charge is 2.44. The number of amides is 1. The largest absolute Gasteiger partial charge is 0.478 e. The van der Waals surface area contributed by atoms with Crippen molar-refractivity contribution in [2.24, 2.45) is 5.92 Å². The van der Waals surface area contributed by atoms with Crippen LogP contribution in [0.2, 0.25) is 5.02 Å². The molecule has 32 heavy (non-hydrogen) atoms. The summed E-state index contributed by atoms with van der Waals surface area (Å²) in [4.78, 5) is 24.6. The van der Waals surface area contributed by atoms with Crippen LogP contribution in [0.15, 0.2) is 48.8 Å². The highest BCUT2D eigenvalue weighted by atomic mass is 35.5. The van der Waals surface area contributed by atoms with Crippen molar-refractivity contribution >= 4 is 29.2 Å². The van der Waals surface area contributed by atoms with Gasteiger partial charge in [-0.2, -0.15) is 5.10 Å². The number of aromatic carboxylic acids is 1. The van der Waals surface area contributed by atoms with Crippen LogP contribution in [0.4, 0.5) is 10.1 Å². The van der Waals surface area contributed by atoms with Crippen LogP contribution < -0.4 is 5.32 Å². The SMILES string of the molecule is O=C(O)c1cc(NC(=O)[C@@H]2C[C@H]2c2cccc(Cl)c2)cc(F)c1-c1cnn(C2CCC2)c1. The van der Waals surface area contributed by atoms with E-state index in [1.54, 1.807) is 16.9 Å². The van der Waals surface area contributed by atoms with Crippen LogP contribution in [0.3, 0.4) is 0 Å². The number of carboxylic acids is 1. The Morgan fingerprint density at radius 3 is 2.72 bits per heavy atom. The van der Waals surface area contributed by atoms with Gasteiger partial charge >= 0.3 is 5.97 Å². The molecule has 2 atom stereocenters. The van der Waals surface area contributed by atoms with Crippen LogP contribution in [0, 0.1) is 11.7 Å². The summed E-state index contributed by atoms with van der Waals surface area (Å²) in [5.74, 6) is -2.46. The second-order valence-corrected chi connectivity index (χ2v) is 8.91. The van der Waals surface area contributed by atoms with Gasteiger partial charge in [0.1, 0.15) is 5.82 Å². The second kappa shape index (κ2) is 8.06. The lowest BCUT2D eigenvalue weighted by Crippen LogP contribution is -2.17. The standard InChI is InChI=1S/C24H21ClFN3O3/c25-15-4-1-3-13(7-15)18-10-19(18)23(30)28-16-8-20(24(31)32)22(21(26)9-16)14-11-27-29(12-14)17-5-2-6-17/h1,3-4,7-9,11-12,17-19H,2,5-6,10H2,(H,28,30)(H,31,32)/t18-,19+/m0/s1. The van der Waals surface area contributed by atoms with E-state index in [4.69, 9.17) is 11.6 Å². The number of carboxylic acid groups (broad SMARTS) is 1. The second-order valence-electron chi connectivity index (χ2n) is 8.47. The normalized spacial score (nSPS) is 19.9. The maximum atomic E-state index is 15.0. The number of hydrogen-bond donors (Lipinski definition) is 2. The first-order chi connectivity index (χ1) is 15.4. The van der Waals surface area contributed by atoms with E-state index in [1.165, 1.54) is 12.3 Å². The quantitative estimate of drug-likeness (QED) is 0.515. The molecule has 0 aliphatic heterocycles. The minimum atomic E-state index is -1.27. The molecule has 164 valence electrons. The molecule has 2 aliphatic rings. The zero-order chi connectivity index (χ0) is 22.4. The third kappa shape index (κ3) is 3.88. The van der Waals surface area contributed by atoms with Crippen molar-refractivity contribution < 1.29 is 19.1 Å². The van der Waals surface area contributed by atoms with Gasteiger partial charge in [0.2, 0.25) is 5.91 Å². The zero-order valence-electron chi connectivity index (χ0n) is 17.1. The molecule has 2 saturated carbocycles. The minimum Gasteiger partial charge on any atom is -0.478 e. The first-order valence-electron chi connectivity index (χ1n) is 10.6. The lowest BCUT2D eigenvalue weighted by molar-refractivity contribution is -0.117. The van der Waals surface area contributed by atoms with Crippen LogP contribution in [0.5, 0.6) is 0 Å². The average molecular weight is 454 g/mol. The summed E-state index contributed by atoms with van der Waals surface area (Å²) in [5.41, 5.74) is 1.28. The van der Waals surface area contributed by atoms with Crippen LogP contribution >= 0.6 is 11.6 Å². The van der Waals surface area contributed by atoms with Gasteiger partial charge in [-0.25, -0.2) is 9.18 Å².